The number of carbonyl (C=O) groups is 1. The fraction of sp³-hybridized carbons (Fsp3) is 0.267. The number of hydrazine groups is 2. The average Bonchev–Trinajstić information content (AvgIpc) is 2.52. The fourth-order valence-corrected chi connectivity index (χ4v) is 1.67. The first-order valence-electron chi connectivity index (χ1n) is 7.22. The summed E-state index contributed by atoms with van der Waals surface area (Å²) in [6.45, 7) is 5.89. The van der Waals surface area contributed by atoms with Crippen molar-refractivity contribution in [3.63, 3.8) is 0 Å². The number of carbonyl (C=O) groups excluding carboxylic acids is 1. The number of nitrogens with zero attached hydrogens (tertiary/aromatic N) is 2. The molecule has 1 heterocycles. The molecule has 1 aromatic carbocycles. The quantitative estimate of drug-likeness (QED) is 0.528. The van der Waals surface area contributed by atoms with E-state index in [-0.39, 0.29) is 22.6 Å². The Kier molecular flexibility index (Phi) is 5.14. The van der Waals surface area contributed by atoms with Crippen LogP contribution in [0.15, 0.2) is 30.6 Å². The number of halogens is 1. The molecule has 2 aromatic rings. The number of amides is 1. The summed E-state index contributed by atoms with van der Waals surface area (Å²) in [6, 6.07) is 5.64. The first-order valence-corrected chi connectivity index (χ1v) is 7.22. The Morgan fingerprint density at radius 2 is 1.75 bits per heavy atom. The van der Waals surface area contributed by atoms with Gasteiger partial charge in [0.2, 0.25) is 0 Å². The van der Waals surface area contributed by atoms with Crippen molar-refractivity contribution in [3.8, 4) is 0 Å². The second kappa shape index (κ2) is 7.09. The monoisotopic (exact) mass is 333 g/mol. The van der Waals surface area contributed by atoms with E-state index in [0.717, 1.165) is 0 Å². The van der Waals surface area contributed by atoms with Crippen LogP contribution >= 0.6 is 0 Å². The zero-order valence-electron chi connectivity index (χ0n) is 13.6. The molecule has 0 radical (unpaired) electrons. The smallest absolute Gasteiger partial charge is 0.272 e. The van der Waals surface area contributed by atoms with Gasteiger partial charge >= 0.3 is 0 Å². The number of nitrogens with one attached hydrogen (secondary N) is 4. The predicted molar refractivity (Wildman–Crippen MR) is 90.4 cm³/mol. The van der Waals surface area contributed by atoms with Gasteiger partial charge in [-0.3, -0.25) is 15.6 Å². The summed E-state index contributed by atoms with van der Waals surface area (Å²) >= 11 is 0. The Morgan fingerprint density at radius 1 is 1.12 bits per heavy atom. The molecule has 0 saturated heterocycles. The second-order valence-electron chi connectivity index (χ2n) is 6.04. The maximum absolute atomic E-state index is 13.6. The lowest BCUT2D eigenvalue weighted by atomic mass is 10.1. The van der Waals surface area contributed by atoms with Gasteiger partial charge in [0.15, 0.2) is 11.6 Å². The number of benzene rings is 1. The molecule has 0 aliphatic carbocycles. The second-order valence-corrected chi connectivity index (χ2v) is 6.04. The first-order chi connectivity index (χ1) is 11.3. The van der Waals surface area contributed by atoms with E-state index in [2.05, 4.69) is 31.7 Å². The van der Waals surface area contributed by atoms with E-state index in [4.69, 9.17) is 5.73 Å². The summed E-state index contributed by atoms with van der Waals surface area (Å²) in [5, 5.41) is 0. The van der Waals surface area contributed by atoms with Gasteiger partial charge in [-0.05, 0) is 32.9 Å². The third kappa shape index (κ3) is 4.53. The number of hydrogen-bond donors (Lipinski definition) is 5. The van der Waals surface area contributed by atoms with Crippen molar-refractivity contribution in [3.05, 3.63) is 42.0 Å². The highest BCUT2D eigenvalue weighted by Gasteiger charge is 2.14. The van der Waals surface area contributed by atoms with Crippen molar-refractivity contribution in [2.75, 3.05) is 16.6 Å². The molecule has 9 heteroatoms. The lowest BCUT2D eigenvalue weighted by Gasteiger charge is -2.22. The Hall–Kier alpha value is -2.94. The van der Waals surface area contributed by atoms with Crippen molar-refractivity contribution >= 4 is 23.2 Å². The van der Waals surface area contributed by atoms with E-state index in [1.54, 1.807) is 6.07 Å². The number of anilines is 3. The summed E-state index contributed by atoms with van der Waals surface area (Å²) in [7, 11) is 0. The highest BCUT2D eigenvalue weighted by atomic mass is 19.1. The Bertz CT molecular complexity index is 730. The molecule has 1 amide bonds. The van der Waals surface area contributed by atoms with E-state index in [0.29, 0.717) is 5.82 Å². The number of hydrogen-bond acceptors (Lipinski definition) is 7. The largest absolute Gasteiger partial charge is 0.393 e. The highest BCUT2D eigenvalue weighted by molar-refractivity contribution is 5.95. The van der Waals surface area contributed by atoms with Crippen LogP contribution in [-0.2, 0) is 0 Å². The van der Waals surface area contributed by atoms with Gasteiger partial charge in [-0.2, -0.15) is 0 Å². The van der Waals surface area contributed by atoms with Gasteiger partial charge in [0.05, 0.1) is 5.56 Å². The molecule has 0 spiro atoms. The van der Waals surface area contributed by atoms with Crippen LogP contribution in [0.4, 0.5) is 21.7 Å². The summed E-state index contributed by atoms with van der Waals surface area (Å²) in [4.78, 5) is 19.9. The zero-order chi connectivity index (χ0) is 17.7. The van der Waals surface area contributed by atoms with Gasteiger partial charge in [-0.1, -0.05) is 12.1 Å². The van der Waals surface area contributed by atoms with Crippen LogP contribution in [0.2, 0.25) is 0 Å². The van der Waals surface area contributed by atoms with Gasteiger partial charge in [0.1, 0.15) is 17.8 Å². The zero-order valence-corrected chi connectivity index (χ0v) is 13.6. The molecule has 0 saturated carbocycles. The van der Waals surface area contributed by atoms with Crippen LogP contribution in [0.25, 0.3) is 0 Å². The molecule has 2 rings (SSSR count). The van der Waals surface area contributed by atoms with Gasteiger partial charge in [-0.15, -0.1) is 0 Å². The number of nitrogen functional groups attached to an aromatic ring is 1. The molecule has 0 aliphatic heterocycles. The van der Waals surface area contributed by atoms with Crippen LogP contribution in [0.5, 0.6) is 0 Å². The minimum atomic E-state index is -0.645. The van der Waals surface area contributed by atoms with Gasteiger partial charge in [0.25, 0.3) is 5.91 Å². The van der Waals surface area contributed by atoms with E-state index in [9.17, 15) is 9.18 Å². The third-order valence-corrected chi connectivity index (χ3v) is 2.85. The fourth-order valence-electron chi connectivity index (χ4n) is 1.67. The molecule has 24 heavy (non-hydrogen) atoms. The average molecular weight is 333 g/mol. The van der Waals surface area contributed by atoms with Crippen molar-refractivity contribution < 1.29 is 9.18 Å². The van der Waals surface area contributed by atoms with Crippen molar-refractivity contribution in [2.24, 2.45) is 0 Å². The topological polar surface area (TPSA) is 117 Å². The minimum absolute atomic E-state index is 0.0922. The van der Waals surface area contributed by atoms with Gasteiger partial charge in [0, 0.05) is 5.54 Å². The molecule has 1 aromatic heterocycles. The molecule has 128 valence electrons. The molecule has 8 nitrogen and oxygen atoms in total. The number of aromatic nitrogens is 2. The number of nitrogens with two attached hydrogens (primary N) is 1. The van der Waals surface area contributed by atoms with Crippen LogP contribution in [0.3, 0.4) is 0 Å². The van der Waals surface area contributed by atoms with Gasteiger partial charge < -0.3 is 11.2 Å². The Balaban J connectivity index is 2.05. The van der Waals surface area contributed by atoms with E-state index >= 15 is 0 Å². The normalized spacial score (nSPS) is 11.0. The van der Waals surface area contributed by atoms with Crippen LogP contribution < -0.4 is 27.4 Å². The van der Waals surface area contributed by atoms with Gasteiger partial charge in [-0.25, -0.2) is 19.8 Å². The third-order valence-electron chi connectivity index (χ3n) is 2.85. The summed E-state index contributed by atoms with van der Waals surface area (Å²) in [5.74, 6) is -0.729. The van der Waals surface area contributed by atoms with Crippen LogP contribution in [-0.4, -0.2) is 21.4 Å². The molecule has 6 N–H and O–H groups in total. The Morgan fingerprint density at radius 3 is 2.38 bits per heavy atom. The highest BCUT2D eigenvalue weighted by Crippen LogP contribution is 2.21. The molecular formula is C15H20FN7O. The SMILES string of the molecule is CC(C)(C)NNc1ncnc(NNC(=O)c2ccccc2F)c1N. The molecule has 0 fully saturated rings. The lowest BCUT2D eigenvalue weighted by Crippen LogP contribution is -2.40. The maximum Gasteiger partial charge on any atom is 0.272 e. The van der Waals surface area contributed by atoms with Crippen molar-refractivity contribution in [2.45, 2.75) is 26.3 Å². The molecular weight excluding hydrogens is 313 g/mol. The van der Waals surface area contributed by atoms with Crippen LogP contribution in [0.1, 0.15) is 31.1 Å². The molecule has 0 bridgehead atoms. The van der Waals surface area contributed by atoms with E-state index in [1.165, 1.54) is 24.5 Å². The summed E-state index contributed by atoms with van der Waals surface area (Å²) < 4.78 is 13.6. The number of rotatable bonds is 5. The molecule has 0 atom stereocenters. The minimum Gasteiger partial charge on any atom is -0.393 e. The Labute approximate surface area is 139 Å². The maximum atomic E-state index is 13.6. The van der Waals surface area contributed by atoms with Crippen molar-refractivity contribution in [1.82, 2.24) is 20.8 Å². The summed E-state index contributed by atoms with van der Waals surface area (Å²) in [6.07, 6.45) is 1.28. The molecule has 0 aliphatic rings. The van der Waals surface area contributed by atoms with E-state index < -0.39 is 11.7 Å². The first kappa shape index (κ1) is 17.4. The predicted octanol–water partition coefficient (Wildman–Crippen LogP) is 1.67. The molecule has 0 unspecified atom stereocenters. The standard InChI is InChI=1S/C15H20FN7O/c1-15(2,3)23-21-13-11(17)12(18-8-19-13)20-22-14(24)9-6-4-5-7-10(9)16/h4-8,23H,17H2,1-3H3,(H,22,24)(H2,18,19,20,21). The lowest BCUT2D eigenvalue weighted by molar-refractivity contribution is 0.0958. The van der Waals surface area contributed by atoms with Crippen molar-refractivity contribution in [1.29, 1.82) is 0 Å². The van der Waals surface area contributed by atoms with E-state index in [1.807, 2.05) is 20.8 Å². The van der Waals surface area contributed by atoms with Crippen LogP contribution in [0, 0.1) is 5.82 Å². The summed E-state index contributed by atoms with van der Waals surface area (Å²) in [5.41, 5.74) is 16.7.